The zero-order valence-corrected chi connectivity index (χ0v) is 13.5. The van der Waals surface area contributed by atoms with Crippen LogP contribution in [-0.4, -0.2) is 19.9 Å². The average molecular weight is 374 g/mol. The molecule has 112 valence electrons. The summed E-state index contributed by atoms with van der Waals surface area (Å²) in [6.07, 6.45) is 1.50. The largest absolute Gasteiger partial charge is 0.369 e. The second-order valence-electron chi connectivity index (χ2n) is 4.11. The van der Waals surface area contributed by atoms with Gasteiger partial charge in [-0.05, 0) is 53.2 Å². The van der Waals surface area contributed by atoms with Crippen LogP contribution in [0.1, 0.15) is 6.92 Å². The Balaban J connectivity index is 2.39. The Morgan fingerprint density at radius 3 is 2.76 bits per heavy atom. The van der Waals surface area contributed by atoms with E-state index in [0.29, 0.717) is 11.0 Å². The fourth-order valence-corrected chi connectivity index (χ4v) is 3.48. The molecule has 0 saturated carbocycles. The van der Waals surface area contributed by atoms with Crippen molar-refractivity contribution < 1.29 is 12.8 Å². The van der Waals surface area contributed by atoms with Crippen LogP contribution in [0.2, 0.25) is 0 Å². The van der Waals surface area contributed by atoms with Crippen LogP contribution in [0.4, 0.5) is 15.9 Å². The highest BCUT2D eigenvalue weighted by Gasteiger charge is 2.20. The molecule has 8 heteroatoms. The average Bonchev–Trinajstić information content (AvgIpc) is 2.43. The van der Waals surface area contributed by atoms with Crippen molar-refractivity contribution in [1.82, 2.24) is 4.98 Å². The molecule has 0 fully saturated rings. The number of benzene rings is 1. The van der Waals surface area contributed by atoms with Crippen LogP contribution in [0.3, 0.4) is 0 Å². The van der Waals surface area contributed by atoms with Crippen LogP contribution in [0.15, 0.2) is 45.9 Å². The lowest BCUT2D eigenvalue weighted by atomic mass is 10.3. The lowest BCUT2D eigenvalue weighted by molar-refractivity contribution is 0.601. The van der Waals surface area contributed by atoms with Gasteiger partial charge in [-0.2, -0.15) is 0 Å². The molecule has 0 spiro atoms. The summed E-state index contributed by atoms with van der Waals surface area (Å²) < 4.78 is 40.6. The molecule has 1 heterocycles. The van der Waals surface area contributed by atoms with Crippen LogP contribution in [0.5, 0.6) is 0 Å². The number of rotatable bonds is 5. The Morgan fingerprint density at radius 1 is 1.33 bits per heavy atom. The number of aromatic nitrogens is 1. The first-order valence-electron chi connectivity index (χ1n) is 6.11. The molecule has 5 nitrogen and oxygen atoms in total. The smallest absolute Gasteiger partial charge is 0.265 e. The lowest BCUT2D eigenvalue weighted by Crippen LogP contribution is -2.16. The van der Waals surface area contributed by atoms with E-state index < -0.39 is 15.8 Å². The number of pyridine rings is 1. The molecule has 2 aromatic rings. The molecule has 0 unspecified atom stereocenters. The molecular weight excluding hydrogens is 361 g/mol. The number of nitrogens with zero attached hydrogens (tertiary/aromatic N) is 1. The summed E-state index contributed by atoms with van der Waals surface area (Å²) >= 11 is 3.12. The minimum Gasteiger partial charge on any atom is -0.369 e. The predicted molar refractivity (Wildman–Crippen MR) is 83.3 cm³/mol. The number of halogens is 2. The molecule has 0 atom stereocenters. The first-order valence-corrected chi connectivity index (χ1v) is 8.38. The van der Waals surface area contributed by atoms with E-state index in [0.717, 1.165) is 0 Å². The first-order chi connectivity index (χ1) is 9.94. The van der Waals surface area contributed by atoms with Crippen molar-refractivity contribution >= 4 is 37.5 Å². The minimum atomic E-state index is -3.83. The molecule has 0 aliphatic rings. The second-order valence-corrected chi connectivity index (χ2v) is 6.62. The second kappa shape index (κ2) is 6.40. The van der Waals surface area contributed by atoms with Crippen LogP contribution in [0, 0.1) is 5.82 Å². The number of hydrogen-bond donors (Lipinski definition) is 2. The third-order valence-corrected chi connectivity index (χ3v) is 4.63. The maximum atomic E-state index is 13.0. The fraction of sp³-hybridized carbons (Fsp3) is 0.154. The molecule has 1 aromatic carbocycles. The van der Waals surface area contributed by atoms with Gasteiger partial charge < -0.3 is 5.32 Å². The SMILES string of the molecule is CCNc1ncccc1S(=O)(=O)Nc1ccc(F)cc1Br. The van der Waals surface area contributed by atoms with Crippen molar-refractivity contribution in [2.75, 3.05) is 16.6 Å². The highest BCUT2D eigenvalue weighted by atomic mass is 79.9. The van der Waals surface area contributed by atoms with Crippen LogP contribution < -0.4 is 10.0 Å². The van der Waals surface area contributed by atoms with Crippen LogP contribution >= 0.6 is 15.9 Å². The Kier molecular flexibility index (Phi) is 4.79. The van der Waals surface area contributed by atoms with Gasteiger partial charge >= 0.3 is 0 Å². The molecule has 2 rings (SSSR count). The van der Waals surface area contributed by atoms with Gasteiger partial charge in [-0.25, -0.2) is 17.8 Å². The van der Waals surface area contributed by atoms with E-state index in [1.54, 1.807) is 0 Å². The van der Waals surface area contributed by atoms with Gasteiger partial charge in [0.25, 0.3) is 10.0 Å². The molecule has 2 N–H and O–H groups in total. The van der Waals surface area contributed by atoms with Crippen molar-refractivity contribution in [3.8, 4) is 0 Å². The van der Waals surface area contributed by atoms with E-state index in [9.17, 15) is 12.8 Å². The van der Waals surface area contributed by atoms with Gasteiger partial charge in [0, 0.05) is 17.2 Å². The summed E-state index contributed by atoms with van der Waals surface area (Å²) in [5.41, 5.74) is 0.253. The van der Waals surface area contributed by atoms with Gasteiger partial charge in [0.1, 0.15) is 16.5 Å². The zero-order chi connectivity index (χ0) is 15.5. The molecule has 0 amide bonds. The topological polar surface area (TPSA) is 71.1 Å². The van der Waals surface area contributed by atoms with E-state index in [2.05, 4.69) is 31.0 Å². The van der Waals surface area contributed by atoms with E-state index in [-0.39, 0.29) is 16.4 Å². The summed E-state index contributed by atoms with van der Waals surface area (Å²) in [7, 11) is -3.83. The Hall–Kier alpha value is -1.67. The summed E-state index contributed by atoms with van der Waals surface area (Å²) in [6.45, 7) is 2.38. The first kappa shape index (κ1) is 15.7. The Labute approximate surface area is 130 Å². The molecule has 0 bridgehead atoms. The van der Waals surface area contributed by atoms with Gasteiger partial charge in [-0.1, -0.05) is 0 Å². The predicted octanol–water partition coefficient (Wildman–Crippen LogP) is 3.22. The lowest BCUT2D eigenvalue weighted by Gasteiger charge is -2.13. The van der Waals surface area contributed by atoms with Crippen molar-refractivity contribution in [3.05, 3.63) is 46.8 Å². The molecule has 0 radical (unpaired) electrons. The van der Waals surface area contributed by atoms with Gasteiger partial charge in [0.05, 0.1) is 5.69 Å². The van der Waals surface area contributed by atoms with Crippen molar-refractivity contribution in [2.24, 2.45) is 0 Å². The quantitative estimate of drug-likeness (QED) is 0.843. The standard InChI is InChI=1S/C13H13BrFN3O2S/c1-2-16-13-12(4-3-7-17-13)21(19,20)18-11-6-5-9(15)8-10(11)14/h3-8,18H,2H2,1H3,(H,16,17). The van der Waals surface area contributed by atoms with E-state index in [1.807, 2.05) is 6.92 Å². The maximum Gasteiger partial charge on any atom is 0.265 e. The van der Waals surface area contributed by atoms with Gasteiger partial charge in [0.2, 0.25) is 0 Å². The monoisotopic (exact) mass is 373 g/mol. The van der Waals surface area contributed by atoms with E-state index in [4.69, 9.17) is 0 Å². The number of nitrogens with one attached hydrogen (secondary N) is 2. The summed E-state index contributed by atoms with van der Waals surface area (Å²) in [5.74, 6) is -0.190. The van der Waals surface area contributed by atoms with Gasteiger partial charge in [-0.15, -0.1) is 0 Å². The highest BCUT2D eigenvalue weighted by molar-refractivity contribution is 9.10. The molecule has 21 heavy (non-hydrogen) atoms. The van der Waals surface area contributed by atoms with E-state index in [1.165, 1.54) is 36.5 Å². The molecule has 0 aliphatic carbocycles. The molecule has 0 saturated heterocycles. The van der Waals surface area contributed by atoms with Crippen LogP contribution in [0.25, 0.3) is 0 Å². The zero-order valence-electron chi connectivity index (χ0n) is 11.1. The van der Waals surface area contributed by atoms with Crippen LogP contribution in [-0.2, 0) is 10.0 Å². The Bertz CT molecular complexity index is 753. The van der Waals surface area contributed by atoms with Crippen molar-refractivity contribution in [1.29, 1.82) is 0 Å². The number of anilines is 2. The molecule has 1 aromatic heterocycles. The molecular formula is C13H13BrFN3O2S. The Morgan fingerprint density at radius 2 is 2.10 bits per heavy atom. The third-order valence-electron chi connectivity index (χ3n) is 2.58. The normalized spacial score (nSPS) is 11.2. The number of sulfonamides is 1. The van der Waals surface area contributed by atoms with Gasteiger partial charge in [0.15, 0.2) is 0 Å². The van der Waals surface area contributed by atoms with Crippen molar-refractivity contribution in [2.45, 2.75) is 11.8 Å². The molecule has 0 aliphatic heterocycles. The summed E-state index contributed by atoms with van der Waals surface area (Å²) in [6, 6.07) is 6.70. The summed E-state index contributed by atoms with van der Waals surface area (Å²) in [4.78, 5) is 4.04. The number of hydrogen-bond acceptors (Lipinski definition) is 4. The third kappa shape index (κ3) is 3.70. The maximum absolute atomic E-state index is 13.0. The van der Waals surface area contributed by atoms with Crippen molar-refractivity contribution in [3.63, 3.8) is 0 Å². The van der Waals surface area contributed by atoms with Gasteiger partial charge in [-0.3, -0.25) is 4.72 Å². The highest BCUT2D eigenvalue weighted by Crippen LogP contribution is 2.27. The summed E-state index contributed by atoms with van der Waals surface area (Å²) in [5, 5.41) is 2.89. The fourth-order valence-electron chi connectivity index (χ4n) is 1.68. The minimum absolute atomic E-state index is 0.0306. The van der Waals surface area contributed by atoms with E-state index >= 15 is 0 Å².